The van der Waals surface area contributed by atoms with Crippen molar-refractivity contribution in [2.75, 3.05) is 38.1 Å². The van der Waals surface area contributed by atoms with Crippen LogP contribution in [0.15, 0.2) is 48.5 Å². The van der Waals surface area contributed by atoms with Gasteiger partial charge in [-0.25, -0.2) is 9.97 Å². The van der Waals surface area contributed by atoms with Crippen molar-refractivity contribution in [2.45, 2.75) is 6.42 Å². The third-order valence-electron chi connectivity index (χ3n) is 4.69. The number of rotatable bonds is 2. The van der Waals surface area contributed by atoms with Crippen LogP contribution in [0.5, 0.6) is 0 Å². The number of likely N-dealkylation sites (N-methyl/N-ethyl adjacent to an activating group) is 1. The van der Waals surface area contributed by atoms with Gasteiger partial charge in [0.2, 0.25) is 0 Å². The summed E-state index contributed by atoms with van der Waals surface area (Å²) in [5.74, 6) is 1.75. The van der Waals surface area contributed by atoms with Crippen molar-refractivity contribution in [2.24, 2.45) is 0 Å². The van der Waals surface area contributed by atoms with Gasteiger partial charge in [-0.3, -0.25) is 0 Å². The van der Waals surface area contributed by atoms with Crippen LogP contribution in [-0.4, -0.2) is 48.1 Å². The van der Waals surface area contributed by atoms with Crippen molar-refractivity contribution in [1.82, 2.24) is 14.9 Å². The number of fused-ring (bicyclic) bond motifs is 1. The Morgan fingerprint density at radius 3 is 2.60 bits per heavy atom. The molecule has 0 spiro atoms. The molecular weight excluding hydrogens is 332 g/mol. The highest BCUT2D eigenvalue weighted by Crippen LogP contribution is 2.30. The molecular formula is C20H21ClN4. The predicted octanol–water partition coefficient (Wildman–Crippen LogP) is 4.09. The molecule has 0 saturated carbocycles. The van der Waals surface area contributed by atoms with Crippen LogP contribution in [0.1, 0.15) is 6.42 Å². The SMILES string of the molecule is CN1CCCN(c2nc(-c3ccccc3)nc3ccc(Cl)cc23)CC1. The fourth-order valence-electron chi connectivity index (χ4n) is 3.30. The topological polar surface area (TPSA) is 32.3 Å². The maximum Gasteiger partial charge on any atom is 0.162 e. The van der Waals surface area contributed by atoms with Crippen LogP contribution in [0.25, 0.3) is 22.3 Å². The van der Waals surface area contributed by atoms with Crippen molar-refractivity contribution >= 4 is 28.3 Å². The van der Waals surface area contributed by atoms with E-state index in [-0.39, 0.29) is 0 Å². The molecule has 2 heterocycles. The van der Waals surface area contributed by atoms with Crippen LogP contribution in [0.4, 0.5) is 5.82 Å². The minimum atomic E-state index is 0.719. The normalized spacial score (nSPS) is 16.2. The molecule has 2 aromatic carbocycles. The molecule has 5 heteroatoms. The highest BCUT2D eigenvalue weighted by molar-refractivity contribution is 6.31. The molecule has 1 saturated heterocycles. The second-order valence-electron chi connectivity index (χ2n) is 6.54. The molecule has 0 amide bonds. The predicted molar refractivity (Wildman–Crippen MR) is 104 cm³/mol. The number of halogens is 1. The minimum Gasteiger partial charge on any atom is -0.355 e. The lowest BCUT2D eigenvalue weighted by Gasteiger charge is -2.23. The lowest BCUT2D eigenvalue weighted by molar-refractivity contribution is 0.360. The summed E-state index contributed by atoms with van der Waals surface area (Å²) in [5.41, 5.74) is 1.97. The molecule has 0 unspecified atom stereocenters. The first-order valence-electron chi connectivity index (χ1n) is 8.67. The van der Waals surface area contributed by atoms with Gasteiger partial charge in [-0.1, -0.05) is 41.9 Å². The van der Waals surface area contributed by atoms with Crippen molar-refractivity contribution in [3.05, 3.63) is 53.6 Å². The number of hydrogen-bond donors (Lipinski definition) is 0. The number of anilines is 1. The third-order valence-corrected chi connectivity index (χ3v) is 4.92. The molecule has 1 aliphatic rings. The van der Waals surface area contributed by atoms with Gasteiger partial charge in [-0.2, -0.15) is 0 Å². The fraction of sp³-hybridized carbons (Fsp3) is 0.300. The van der Waals surface area contributed by atoms with E-state index >= 15 is 0 Å². The highest BCUT2D eigenvalue weighted by Gasteiger charge is 2.18. The summed E-state index contributed by atoms with van der Waals surface area (Å²) in [6.07, 6.45) is 1.13. The number of aromatic nitrogens is 2. The van der Waals surface area contributed by atoms with E-state index in [1.54, 1.807) is 0 Å². The maximum atomic E-state index is 6.26. The molecule has 25 heavy (non-hydrogen) atoms. The van der Waals surface area contributed by atoms with Gasteiger partial charge in [0.05, 0.1) is 5.52 Å². The Bertz CT molecular complexity index is 882. The zero-order valence-corrected chi connectivity index (χ0v) is 15.1. The summed E-state index contributed by atoms with van der Waals surface area (Å²) in [6.45, 7) is 4.11. The van der Waals surface area contributed by atoms with E-state index in [2.05, 4.69) is 29.0 Å². The van der Waals surface area contributed by atoms with Crippen LogP contribution < -0.4 is 4.90 Å². The Morgan fingerprint density at radius 1 is 0.920 bits per heavy atom. The van der Waals surface area contributed by atoms with Crippen LogP contribution >= 0.6 is 11.6 Å². The number of benzene rings is 2. The fourth-order valence-corrected chi connectivity index (χ4v) is 3.47. The van der Waals surface area contributed by atoms with Gasteiger partial charge in [0, 0.05) is 35.6 Å². The molecule has 0 atom stereocenters. The van der Waals surface area contributed by atoms with E-state index in [4.69, 9.17) is 21.6 Å². The van der Waals surface area contributed by atoms with Crippen molar-refractivity contribution in [1.29, 1.82) is 0 Å². The van der Waals surface area contributed by atoms with Gasteiger partial charge >= 0.3 is 0 Å². The first kappa shape index (κ1) is 16.3. The second kappa shape index (κ2) is 6.98. The summed E-state index contributed by atoms with van der Waals surface area (Å²) in [5, 5.41) is 1.74. The Balaban J connectivity index is 1.86. The van der Waals surface area contributed by atoms with Crippen LogP contribution in [0.2, 0.25) is 5.02 Å². The summed E-state index contributed by atoms with van der Waals surface area (Å²) in [7, 11) is 2.17. The van der Waals surface area contributed by atoms with E-state index in [1.807, 2.05) is 36.4 Å². The molecule has 0 bridgehead atoms. The Labute approximate surface area is 153 Å². The van der Waals surface area contributed by atoms with E-state index in [0.29, 0.717) is 0 Å². The number of hydrogen-bond acceptors (Lipinski definition) is 4. The van der Waals surface area contributed by atoms with Crippen LogP contribution in [0.3, 0.4) is 0 Å². The van der Waals surface area contributed by atoms with E-state index in [1.165, 1.54) is 0 Å². The lowest BCUT2D eigenvalue weighted by Crippen LogP contribution is -2.29. The van der Waals surface area contributed by atoms with Crippen molar-refractivity contribution in [3.8, 4) is 11.4 Å². The molecule has 0 radical (unpaired) electrons. The smallest absolute Gasteiger partial charge is 0.162 e. The van der Waals surface area contributed by atoms with Gasteiger partial charge < -0.3 is 9.80 Å². The van der Waals surface area contributed by atoms with Gasteiger partial charge in [0.25, 0.3) is 0 Å². The summed E-state index contributed by atoms with van der Waals surface area (Å²) < 4.78 is 0. The molecule has 4 rings (SSSR count). The van der Waals surface area contributed by atoms with E-state index in [9.17, 15) is 0 Å². The average Bonchev–Trinajstić information content (AvgIpc) is 2.86. The molecule has 0 N–H and O–H groups in total. The highest BCUT2D eigenvalue weighted by atomic mass is 35.5. The Morgan fingerprint density at radius 2 is 1.76 bits per heavy atom. The van der Waals surface area contributed by atoms with Crippen LogP contribution in [0, 0.1) is 0 Å². The van der Waals surface area contributed by atoms with Gasteiger partial charge in [-0.05, 0) is 38.2 Å². The minimum absolute atomic E-state index is 0.719. The first-order valence-corrected chi connectivity index (χ1v) is 9.05. The quantitative estimate of drug-likeness (QED) is 0.695. The summed E-state index contributed by atoms with van der Waals surface area (Å²) in [4.78, 5) is 14.5. The molecule has 1 aliphatic heterocycles. The zero-order chi connectivity index (χ0) is 17.2. The molecule has 128 valence electrons. The molecule has 1 aromatic heterocycles. The summed E-state index contributed by atoms with van der Waals surface area (Å²) in [6, 6.07) is 16.0. The van der Waals surface area contributed by atoms with Gasteiger partial charge in [0.1, 0.15) is 5.82 Å². The molecule has 0 aliphatic carbocycles. The summed E-state index contributed by atoms with van der Waals surface area (Å²) >= 11 is 6.26. The second-order valence-corrected chi connectivity index (χ2v) is 6.98. The standard InChI is InChI=1S/C20H21ClN4/c1-24-10-5-11-25(13-12-24)20-17-14-16(21)8-9-18(17)22-19(23-20)15-6-3-2-4-7-15/h2-4,6-9,14H,5,10-13H2,1H3. The molecule has 4 nitrogen and oxygen atoms in total. The Kier molecular flexibility index (Phi) is 4.55. The Hall–Kier alpha value is -2.17. The zero-order valence-electron chi connectivity index (χ0n) is 14.3. The van der Waals surface area contributed by atoms with Crippen molar-refractivity contribution in [3.63, 3.8) is 0 Å². The van der Waals surface area contributed by atoms with E-state index < -0.39 is 0 Å². The van der Waals surface area contributed by atoms with Crippen LogP contribution in [-0.2, 0) is 0 Å². The number of nitrogens with zero attached hydrogens (tertiary/aromatic N) is 4. The largest absolute Gasteiger partial charge is 0.355 e. The maximum absolute atomic E-state index is 6.26. The molecule has 3 aromatic rings. The molecule has 1 fully saturated rings. The lowest BCUT2D eigenvalue weighted by atomic mass is 10.1. The average molecular weight is 353 g/mol. The van der Waals surface area contributed by atoms with E-state index in [0.717, 1.165) is 65.7 Å². The monoisotopic (exact) mass is 352 g/mol. The third kappa shape index (κ3) is 3.46. The van der Waals surface area contributed by atoms with Crippen molar-refractivity contribution < 1.29 is 0 Å². The van der Waals surface area contributed by atoms with Gasteiger partial charge in [0.15, 0.2) is 5.82 Å². The first-order chi connectivity index (χ1) is 12.2. The van der Waals surface area contributed by atoms with Gasteiger partial charge in [-0.15, -0.1) is 0 Å².